The van der Waals surface area contributed by atoms with E-state index < -0.39 is 11.4 Å². The van der Waals surface area contributed by atoms with Crippen LogP contribution >= 0.6 is 11.6 Å². The molecule has 1 atom stereocenters. The van der Waals surface area contributed by atoms with Gasteiger partial charge in [-0.3, -0.25) is 0 Å². The minimum atomic E-state index is -1.27. The highest BCUT2D eigenvalue weighted by Gasteiger charge is 2.25. The Kier molecular flexibility index (Phi) is 4.52. The highest BCUT2D eigenvalue weighted by molar-refractivity contribution is 7.91. The lowest BCUT2D eigenvalue weighted by Gasteiger charge is -2.17. The summed E-state index contributed by atoms with van der Waals surface area (Å²) in [6.45, 7) is 5.65. The summed E-state index contributed by atoms with van der Waals surface area (Å²) in [7, 11) is 0. The summed E-state index contributed by atoms with van der Waals surface area (Å²) in [6.07, 6.45) is 5.05. The zero-order valence-corrected chi connectivity index (χ0v) is 13.1. The van der Waals surface area contributed by atoms with Crippen molar-refractivity contribution in [2.75, 3.05) is 0 Å². The highest BCUT2D eigenvalue weighted by atomic mass is 35.5. The van der Waals surface area contributed by atoms with E-state index in [9.17, 15) is 4.55 Å². The van der Waals surface area contributed by atoms with Gasteiger partial charge >= 0.3 is 0 Å². The van der Waals surface area contributed by atoms with Gasteiger partial charge in [0.15, 0.2) is 0 Å². The smallest absolute Gasteiger partial charge is 0.144 e. The van der Waals surface area contributed by atoms with Crippen molar-refractivity contribution in [3.8, 4) is 5.69 Å². The number of rotatable bonds is 3. The van der Waals surface area contributed by atoms with Crippen LogP contribution in [0.1, 0.15) is 26.5 Å². The molecule has 2 aromatic rings. The summed E-state index contributed by atoms with van der Waals surface area (Å²) >= 11 is 4.58. The second-order valence-corrected chi connectivity index (χ2v) is 7.65. The average Bonchev–Trinajstić information content (AvgIpc) is 2.84. The molecule has 20 heavy (non-hydrogen) atoms. The van der Waals surface area contributed by atoms with Crippen LogP contribution in [0.4, 0.5) is 0 Å². The summed E-state index contributed by atoms with van der Waals surface area (Å²) in [5, 5.41) is 0.691. The van der Waals surface area contributed by atoms with Crippen molar-refractivity contribution in [3.05, 3.63) is 47.5 Å². The van der Waals surface area contributed by atoms with Gasteiger partial charge in [0.1, 0.15) is 28.0 Å². The minimum Gasteiger partial charge on any atom is -0.591 e. The predicted molar refractivity (Wildman–Crippen MR) is 84.1 cm³/mol. The molecule has 106 valence electrons. The van der Waals surface area contributed by atoms with Crippen LogP contribution in [0.3, 0.4) is 0 Å². The van der Waals surface area contributed by atoms with Crippen molar-refractivity contribution in [1.82, 2.24) is 9.55 Å². The van der Waals surface area contributed by atoms with E-state index in [0.717, 1.165) is 5.69 Å². The molecule has 0 spiro atoms. The molecule has 0 aliphatic rings. The average molecular weight is 310 g/mol. The highest BCUT2D eigenvalue weighted by Crippen LogP contribution is 2.17. The van der Waals surface area contributed by atoms with E-state index in [-0.39, 0.29) is 4.75 Å². The van der Waals surface area contributed by atoms with E-state index in [2.05, 4.69) is 9.38 Å². The molecule has 2 rings (SSSR count). The zero-order valence-electron chi connectivity index (χ0n) is 11.6. The Bertz CT molecular complexity index is 602. The van der Waals surface area contributed by atoms with Crippen LogP contribution in [0, 0.1) is 0 Å². The molecule has 1 aromatic carbocycles. The summed E-state index contributed by atoms with van der Waals surface area (Å²) in [4.78, 5) is 4.22. The fraction of sp³-hybridized carbons (Fsp3) is 0.286. The molecule has 0 N–H and O–H groups in total. The summed E-state index contributed by atoms with van der Waals surface area (Å²) in [5.74, 6) is 0. The second-order valence-electron chi connectivity index (χ2n) is 5.28. The first-order chi connectivity index (χ1) is 9.36. The largest absolute Gasteiger partial charge is 0.591 e. The molecule has 0 saturated heterocycles. The van der Waals surface area contributed by atoms with Gasteiger partial charge in [-0.15, -0.1) is 0 Å². The van der Waals surface area contributed by atoms with Gasteiger partial charge in [-0.2, -0.15) is 0 Å². The molecule has 1 heterocycles. The number of imidazole rings is 1. The van der Waals surface area contributed by atoms with Crippen molar-refractivity contribution in [3.63, 3.8) is 0 Å². The molecule has 1 aromatic heterocycles. The number of nitrogens with zero attached hydrogens (tertiary/aromatic N) is 3. The van der Waals surface area contributed by atoms with Crippen molar-refractivity contribution in [2.45, 2.75) is 25.5 Å². The maximum Gasteiger partial charge on any atom is 0.144 e. The van der Waals surface area contributed by atoms with Crippen LogP contribution in [-0.4, -0.2) is 25.1 Å². The molecule has 0 bridgehead atoms. The van der Waals surface area contributed by atoms with E-state index in [0.29, 0.717) is 10.7 Å². The molecular weight excluding hydrogens is 294 g/mol. The molecule has 0 aliphatic carbocycles. The Hall–Kier alpha value is -1.30. The normalized spacial score (nSPS) is 13.8. The lowest BCUT2D eigenvalue weighted by molar-refractivity contribution is 0.562. The fourth-order valence-corrected chi connectivity index (χ4v) is 2.07. The molecule has 1 unspecified atom stereocenters. The number of hydrogen-bond donors (Lipinski definition) is 0. The Morgan fingerprint density at radius 1 is 1.30 bits per heavy atom. The van der Waals surface area contributed by atoms with Crippen LogP contribution in [0.5, 0.6) is 0 Å². The topological polar surface area (TPSA) is 53.2 Å². The zero-order chi connectivity index (χ0) is 14.8. The van der Waals surface area contributed by atoms with Crippen molar-refractivity contribution in [2.24, 2.45) is 4.40 Å². The fourth-order valence-electron chi connectivity index (χ4n) is 1.42. The second kappa shape index (κ2) is 5.99. The first-order valence-electron chi connectivity index (χ1n) is 6.12. The van der Waals surface area contributed by atoms with Crippen LogP contribution in [0.25, 0.3) is 5.69 Å². The van der Waals surface area contributed by atoms with Gasteiger partial charge in [0.2, 0.25) is 0 Å². The van der Waals surface area contributed by atoms with Gasteiger partial charge in [-0.25, -0.2) is 4.98 Å². The van der Waals surface area contributed by atoms with Gasteiger partial charge in [-0.1, -0.05) is 16.0 Å². The van der Waals surface area contributed by atoms with E-state index in [1.807, 2.05) is 55.8 Å². The number of aromatic nitrogens is 2. The standard InChI is InChI=1S/C14H16ClN3OS/c1-14(2,3)20(19)17-8-12-9-18(10-16-12)13-6-4-11(15)5-7-13/h4-10H,1-3H3/b17-8-. The third-order valence-corrected chi connectivity index (χ3v) is 4.13. The van der Waals surface area contributed by atoms with E-state index in [1.165, 1.54) is 6.21 Å². The summed E-state index contributed by atoms with van der Waals surface area (Å²) < 4.78 is 17.3. The quantitative estimate of drug-likeness (QED) is 0.644. The first kappa shape index (κ1) is 15.1. The maximum absolute atomic E-state index is 11.8. The summed E-state index contributed by atoms with van der Waals surface area (Å²) in [6, 6.07) is 7.44. The Morgan fingerprint density at radius 3 is 2.55 bits per heavy atom. The molecular formula is C14H16ClN3OS. The van der Waals surface area contributed by atoms with Crippen LogP contribution in [0.15, 0.2) is 41.2 Å². The third-order valence-electron chi connectivity index (χ3n) is 2.53. The Morgan fingerprint density at radius 2 is 1.95 bits per heavy atom. The predicted octanol–water partition coefficient (Wildman–Crippen LogP) is 3.41. The molecule has 0 radical (unpaired) electrons. The SMILES string of the molecule is CC(C)(C)[S+]([O-])/N=C\c1cn(-c2ccc(Cl)cc2)cn1. The van der Waals surface area contributed by atoms with E-state index >= 15 is 0 Å². The third kappa shape index (κ3) is 3.85. The minimum absolute atomic E-state index is 0.366. The molecule has 0 amide bonds. The molecule has 0 aliphatic heterocycles. The van der Waals surface area contributed by atoms with Gasteiger partial charge in [-0.05, 0) is 45.0 Å². The maximum atomic E-state index is 11.8. The van der Waals surface area contributed by atoms with E-state index in [4.69, 9.17) is 11.6 Å². The Labute approximate surface area is 126 Å². The monoisotopic (exact) mass is 309 g/mol. The van der Waals surface area contributed by atoms with Crippen LogP contribution in [0.2, 0.25) is 5.02 Å². The van der Waals surface area contributed by atoms with Gasteiger partial charge in [0.05, 0.1) is 6.33 Å². The van der Waals surface area contributed by atoms with Gasteiger partial charge in [0, 0.05) is 16.9 Å². The number of hydrogen-bond acceptors (Lipinski definition) is 3. The van der Waals surface area contributed by atoms with Crippen LogP contribution in [-0.2, 0) is 11.4 Å². The van der Waals surface area contributed by atoms with Crippen molar-refractivity contribution in [1.29, 1.82) is 0 Å². The lowest BCUT2D eigenvalue weighted by atomic mass is 10.3. The molecule has 6 heteroatoms. The summed E-state index contributed by atoms with van der Waals surface area (Å²) in [5.41, 5.74) is 1.62. The molecule has 0 fully saturated rings. The van der Waals surface area contributed by atoms with Crippen molar-refractivity contribution < 1.29 is 4.55 Å². The first-order valence-corrected chi connectivity index (χ1v) is 7.61. The van der Waals surface area contributed by atoms with Gasteiger partial charge < -0.3 is 9.12 Å². The van der Waals surface area contributed by atoms with E-state index in [1.54, 1.807) is 6.33 Å². The molecule has 4 nitrogen and oxygen atoms in total. The lowest BCUT2D eigenvalue weighted by Crippen LogP contribution is -2.25. The van der Waals surface area contributed by atoms with Crippen molar-refractivity contribution >= 4 is 29.2 Å². The van der Waals surface area contributed by atoms with Gasteiger partial charge in [0.25, 0.3) is 0 Å². The number of benzene rings is 1. The molecule has 0 saturated carbocycles. The number of halogens is 1. The van der Waals surface area contributed by atoms with Crippen LogP contribution < -0.4 is 0 Å². The Balaban J connectivity index is 2.13.